The number of fused-ring (bicyclic) bond motifs is 1. The van der Waals surface area contributed by atoms with Gasteiger partial charge in [-0.1, -0.05) is 23.7 Å². The average Bonchev–Trinajstić information content (AvgIpc) is 3.10. The van der Waals surface area contributed by atoms with Crippen LogP contribution in [0.3, 0.4) is 0 Å². The fourth-order valence-corrected chi connectivity index (χ4v) is 3.95. The van der Waals surface area contributed by atoms with Crippen molar-refractivity contribution in [3.63, 3.8) is 0 Å². The molecule has 0 saturated carbocycles. The Morgan fingerprint density at radius 3 is 2.68 bits per heavy atom. The van der Waals surface area contributed by atoms with E-state index in [2.05, 4.69) is 14.9 Å². The summed E-state index contributed by atoms with van der Waals surface area (Å²) in [5.74, 6) is 0.909. The summed E-state index contributed by atoms with van der Waals surface area (Å²) >= 11 is 5.91. The van der Waals surface area contributed by atoms with Crippen molar-refractivity contribution >= 4 is 23.3 Å². The molecule has 1 unspecified atom stereocenters. The molecule has 0 aliphatic carbocycles. The lowest BCUT2D eigenvalue weighted by atomic mass is 10.1. The molecule has 1 fully saturated rings. The molecule has 1 aromatic carbocycles. The smallest absolute Gasteiger partial charge is 0.239 e. The third-order valence-electron chi connectivity index (χ3n) is 5.40. The van der Waals surface area contributed by atoms with Crippen LogP contribution in [0, 0.1) is 0 Å². The van der Waals surface area contributed by atoms with Crippen LogP contribution in [0.15, 0.2) is 30.6 Å². The first-order valence-corrected chi connectivity index (χ1v) is 9.90. The Morgan fingerprint density at radius 1 is 1.25 bits per heavy atom. The van der Waals surface area contributed by atoms with Crippen molar-refractivity contribution in [3.05, 3.63) is 52.4 Å². The van der Waals surface area contributed by atoms with Crippen molar-refractivity contribution in [3.8, 4) is 0 Å². The SMILES string of the molecule is CC1OCc2ncnc(N3CCN(C(=O)[C@@H](N)Cc4ccc(Cl)cc4)CC3)c21. The summed E-state index contributed by atoms with van der Waals surface area (Å²) in [5, 5.41) is 0.677. The van der Waals surface area contributed by atoms with Gasteiger partial charge in [0.2, 0.25) is 5.91 Å². The Balaban J connectivity index is 1.37. The number of halogens is 1. The number of carbonyl (C=O) groups excluding carboxylic acids is 1. The lowest BCUT2D eigenvalue weighted by Crippen LogP contribution is -2.54. The van der Waals surface area contributed by atoms with Crippen molar-refractivity contribution in [1.82, 2.24) is 14.9 Å². The van der Waals surface area contributed by atoms with E-state index in [9.17, 15) is 4.79 Å². The van der Waals surface area contributed by atoms with Gasteiger partial charge in [0.05, 0.1) is 24.4 Å². The highest BCUT2D eigenvalue weighted by Gasteiger charge is 2.31. The van der Waals surface area contributed by atoms with E-state index in [0.717, 1.165) is 35.7 Å². The topological polar surface area (TPSA) is 84.6 Å². The molecule has 2 aliphatic heterocycles. The van der Waals surface area contributed by atoms with E-state index < -0.39 is 6.04 Å². The predicted octanol–water partition coefficient (Wildman–Crippen LogP) is 1.94. The molecule has 7 nitrogen and oxygen atoms in total. The summed E-state index contributed by atoms with van der Waals surface area (Å²) in [5.41, 5.74) is 9.22. The maximum atomic E-state index is 12.8. The van der Waals surface area contributed by atoms with Gasteiger partial charge < -0.3 is 20.3 Å². The highest BCUT2D eigenvalue weighted by molar-refractivity contribution is 6.30. The van der Waals surface area contributed by atoms with Gasteiger partial charge in [-0.2, -0.15) is 0 Å². The minimum Gasteiger partial charge on any atom is -0.367 e. The van der Waals surface area contributed by atoms with Gasteiger partial charge in [0, 0.05) is 36.8 Å². The number of nitrogens with zero attached hydrogens (tertiary/aromatic N) is 4. The summed E-state index contributed by atoms with van der Waals surface area (Å²) in [7, 11) is 0. The molecule has 0 bridgehead atoms. The average molecular weight is 402 g/mol. The molecular formula is C20H24ClN5O2. The maximum absolute atomic E-state index is 12.8. The normalized spacial score (nSPS) is 20.2. The standard InChI is InChI=1S/C20H24ClN5O2/c1-13-18-17(11-28-13)23-12-24-19(18)25-6-8-26(9-7-25)20(27)16(22)10-14-2-4-15(21)5-3-14/h2-5,12-13,16H,6-11,22H2,1H3/t13?,16-/m0/s1. The molecule has 1 amide bonds. The molecule has 2 atom stereocenters. The largest absolute Gasteiger partial charge is 0.367 e. The molecule has 3 heterocycles. The first kappa shape index (κ1) is 19.1. The van der Waals surface area contributed by atoms with E-state index in [4.69, 9.17) is 22.1 Å². The van der Waals surface area contributed by atoms with Gasteiger partial charge in [-0.15, -0.1) is 0 Å². The number of anilines is 1. The van der Waals surface area contributed by atoms with Crippen molar-refractivity contribution < 1.29 is 9.53 Å². The zero-order valence-electron chi connectivity index (χ0n) is 15.8. The number of piperazine rings is 1. The molecule has 8 heteroatoms. The fourth-order valence-electron chi connectivity index (χ4n) is 3.83. The Bertz CT molecular complexity index is 852. The summed E-state index contributed by atoms with van der Waals surface area (Å²) < 4.78 is 5.69. The number of rotatable bonds is 4. The molecule has 2 aliphatic rings. The van der Waals surface area contributed by atoms with Crippen LogP contribution in [0.2, 0.25) is 5.02 Å². The second-order valence-corrected chi connectivity index (χ2v) is 7.70. The first-order chi connectivity index (χ1) is 13.5. The molecule has 0 spiro atoms. The fraction of sp³-hybridized carbons (Fsp3) is 0.450. The van der Waals surface area contributed by atoms with E-state index in [1.807, 2.05) is 36.1 Å². The molecule has 1 saturated heterocycles. The van der Waals surface area contributed by atoms with Crippen molar-refractivity contribution in [2.24, 2.45) is 5.73 Å². The van der Waals surface area contributed by atoms with Crippen LogP contribution in [0.25, 0.3) is 0 Å². The number of amides is 1. The Labute approximate surface area is 169 Å². The van der Waals surface area contributed by atoms with Gasteiger partial charge in [-0.25, -0.2) is 9.97 Å². The summed E-state index contributed by atoms with van der Waals surface area (Å²) in [6, 6.07) is 6.90. The highest BCUT2D eigenvalue weighted by atomic mass is 35.5. The number of ether oxygens (including phenoxy) is 1. The monoisotopic (exact) mass is 401 g/mol. The van der Waals surface area contributed by atoms with E-state index >= 15 is 0 Å². The van der Waals surface area contributed by atoms with Gasteiger partial charge in [0.15, 0.2) is 0 Å². The van der Waals surface area contributed by atoms with Gasteiger partial charge in [-0.05, 0) is 31.0 Å². The molecule has 4 rings (SSSR count). The second-order valence-electron chi connectivity index (χ2n) is 7.26. The quantitative estimate of drug-likeness (QED) is 0.842. The molecule has 2 aromatic rings. The molecule has 148 valence electrons. The Kier molecular flexibility index (Phi) is 5.48. The first-order valence-electron chi connectivity index (χ1n) is 9.52. The zero-order chi connectivity index (χ0) is 19.7. The third-order valence-corrected chi connectivity index (χ3v) is 5.65. The number of aromatic nitrogens is 2. The highest BCUT2D eigenvalue weighted by Crippen LogP contribution is 2.35. The third kappa shape index (κ3) is 3.83. The minimum atomic E-state index is -0.551. The van der Waals surface area contributed by atoms with Gasteiger partial charge in [0.1, 0.15) is 12.1 Å². The van der Waals surface area contributed by atoms with E-state index in [1.165, 1.54) is 0 Å². The Morgan fingerprint density at radius 2 is 1.96 bits per heavy atom. The van der Waals surface area contributed by atoms with Gasteiger partial charge in [0.25, 0.3) is 0 Å². The predicted molar refractivity (Wildman–Crippen MR) is 107 cm³/mol. The van der Waals surface area contributed by atoms with Crippen molar-refractivity contribution in [2.45, 2.75) is 32.1 Å². The van der Waals surface area contributed by atoms with Gasteiger partial charge in [-0.3, -0.25) is 4.79 Å². The number of nitrogens with two attached hydrogens (primary N) is 1. The van der Waals surface area contributed by atoms with Crippen molar-refractivity contribution in [2.75, 3.05) is 31.1 Å². The van der Waals surface area contributed by atoms with Crippen LogP contribution in [-0.4, -0.2) is 53.0 Å². The van der Waals surface area contributed by atoms with Crippen LogP contribution in [0.1, 0.15) is 29.8 Å². The minimum absolute atomic E-state index is 0.00124. The van der Waals surface area contributed by atoms with Crippen LogP contribution in [0.5, 0.6) is 0 Å². The molecular weight excluding hydrogens is 378 g/mol. The van der Waals surface area contributed by atoms with Gasteiger partial charge >= 0.3 is 0 Å². The van der Waals surface area contributed by atoms with E-state index in [-0.39, 0.29) is 12.0 Å². The zero-order valence-corrected chi connectivity index (χ0v) is 16.6. The number of carbonyl (C=O) groups is 1. The van der Waals surface area contributed by atoms with Crippen molar-refractivity contribution in [1.29, 1.82) is 0 Å². The van der Waals surface area contributed by atoms with Crippen LogP contribution in [-0.2, 0) is 22.6 Å². The second kappa shape index (κ2) is 8.03. The molecule has 2 N–H and O–H groups in total. The van der Waals surface area contributed by atoms with Crippen LogP contribution < -0.4 is 10.6 Å². The van der Waals surface area contributed by atoms with Crippen LogP contribution in [0.4, 0.5) is 5.82 Å². The summed E-state index contributed by atoms with van der Waals surface area (Å²) in [4.78, 5) is 25.6. The van der Waals surface area contributed by atoms with E-state index in [1.54, 1.807) is 6.33 Å². The summed E-state index contributed by atoms with van der Waals surface area (Å²) in [6.45, 7) is 5.24. The number of benzene rings is 1. The summed E-state index contributed by atoms with van der Waals surface area (Å²) in [6.07, 6.45) is 2.10. The Hall–Kier alpha value is -2.22. The van der Waals surface area contributed by atoms with Crippen LogP contribution >= 0.6 is 11.6 Å². The number of hydrogen-bond acceptors (Lipinski definition) is 6. The number of hydrogen-bond donors (Lipinski definition) is 1. The molecule has 1 aromatic heterocycles. The lowest BCUT2D eigenvalue weighted by Gasteiger charge is -2.37. The maximum Gasteiger partial charge on any atom is 0.239 e. The van der Waals surface area contributed by atoms with E-state index in [0.29, 0.717) is 31.1 Å². The molecule has 28 heavy (non-hydrogen) atoms. The lowest BCUT2D eigenvalue weighted by molar-refractivity contribution is -0.132. The molecule has 0 radical (unpaired) electrons.